The Bertz CT molecular complexity index is 678. The smallest absolute Gasteiger partial charge is 0.345 e. The average Bonchev–Trinajstić information content (AvgIpc) is 2.57. The molecule has 0 N–H and O–H groups in total. The molecule has 0 atom stereocenters. The van der Waals surface area contributed by atoms with E-state index in [0.29, 0.717) is 0 Å². The van der Waals surface area contributed by atoms with Crippen LogP contribution in [0.25, 0.3) is 0 Å². The van der Waals surface area contributed by atoms with Gasteiger partial charge in [0, 0.05) is 18.2 Å². The second-order valence-corrected chi connectivity index (χ2v) is 6.05. The van der Waals surface area contributed by atoms with Crippen LogP contribution in [-0.2, 0) is 9.53 Å². The molecule has 0 fully saturated rings. The molecule has 0 saturated heterocycles. The van der Waals surface area contributed by atoms with Crippen LogP contribution in [0.15, 0.2) is 12.1 Å². The molecule has 1 aromatic carbocycles. The second kappa shape index (κ2) is 9.02. The van der Waals surface area contributed by atoms with Gasteiger partial charge >= 0.3 is 5.97 Å². The summed E-state index contributed by atoms with van der Waals surface area (Å²) >= 11 is 0. The Balaban J connectivity index is 3.06. The summed E-state index contributed by atoms with van der Waals surface area (Å²) in [6, 6.07) is 2.09. The molecule has 0 bridgehead atoms. The summed E-state index contributed by atoms with van der Waals surface area (Å²) in [7, 11) is 2.66. The number of nitro groups is 1. The first-order valence-corrected chi connectivity index (χ1v) is 8.02. The molecule has 0 aliphatic carbocycles. The van der Waals surface area contributed by atoms with Crippen molar-refractivity contribution in [3.63, 3.8) is 0 Å². The van der Waals surface area contributed by atoms with E-state index in [1.807, 2.05) is 27.7 Å². The lowest BCUT2D eigenvalue weighted by Gasteiger charge is -2.30. The van der Waals surface area contributed by atoms with Crippen LogP contribution in [0.3, 0.4) is 0 Å². The predicted octanol–water partition coefficient (Wildman–Crippen LogP) is 2.41. The Hall–Kier alpha value is -2.84. The monoisotopic (exact) mass is 368 g/mol. The van der Waals surface area contributed by atoms with Crippen LogP contribution in [0.5, 0.6) is 11.5 Å². The number of ether oxygens (including phenoxy) is 3. The maximum Gasteiger partial charge on any atom is 0.345 e. The molecule has 0 aromatic heterocycles. The maximum atomic E-state index is 12.3. The molecule has 1 aromatic rings. The molecule has 0 spiro atoms. The van der Waals surface area contributed by atoms with E-state index in [9.17, 15) is 19.7 Å². The van der Waals surface area contributed by atoms with E-state index in [4.69, 9.17) is 14.2 Å². The number of carbonyl (C=O) groups excluding carboxylic acids is 2. The molecule has 0 radical (unpaired) electrons. The zero-order chi connectivity index (χ0) is 20.0. The number of benzene rings is 1. The van der Waals surface area contributed by atoms with E-state index in [1.165, 1.54) is 14.2 Å². The van der Waals surface area contributed by atoms with Gasteiger partial charge in [0.25, 0.3) is 11.6 Å². The van der Waals surface area contributed by atoms with Crippen LogP contribution < -0.4 is 9.47 Å². The van der Waals surface area contributed by atoms with Gasteiger partial charge in [-0.25, -0.2) is 4.79 Å². The highest BCUT2D eigenvalue weighted by Gasteiger charge is 2.27. The summed E-state index contributed by atoms with van der Waals surface area (Å²) in [5, 5.41) is 11.2. The molecule has 0 heterocycles. The lowest BCUT2D eigenvalue weighted by Crippen LogP contribution is -2.44. The van der Waals surface area contributed by atoms with Crippen molar-refractivity contribution in [3.05, 3.63) is 27.8 Å². The first-order valence-electron chi connectivity index (χ1n) is 8.02. The number of esters is 1. The van der Waals surface area contributed by atoms with Crippen molar-refractivity contribution < 1.29 is 28.7 Å². The van der Waals surface area contributed by atoms with Crippen molar-refractivity contribution in [2.75, 3.05) is 20.8 Å². The minimum Gasteiger partial charge on any atom is -0.493 e. The van der Waals surface area contributed by atoms with Crippen LogP contribution in [0.1, 0.15) is 38.1 Å². The Labute approximate surface area is 152 Å². The molecule has 9 heteroatoms. The molecule has 0 aliphatic heterocycles. The summed E-state index contributed by atoms with van der Waals surface area (Å²) in [5.41, 5.74) is -0.814. The summed E-state index contributed by atoms with van der Waals surface area (Å²) in [6.45, 7) is 6.87. The molecule has 26 heavy (non-hydrogen) atoms. The quantitative estimate of drug-likeness (QED) is 0.394. The Kier molecular flexibility index (Phi) is 7.36. The van der Waals surface area contributed by atoms with Gasteiger partial charge in [-0.15, -0.1) is 0 Å². The average molecular weight is 368 g/mol. The van der Waals surface area contributed by atoms with E-state index >= 15 is 0 Å². The molecule has 1 amide bonds. The van der Waals surface area contributed by atoms with E-state index in [1.54, 1.807) is 4.90 Å². The van der Waals surface area contributed by atoms with Crippen LogP contribution in [0.4, 0.5) is 5.69 Å². The molecule has 9 nitrogen and oxygen atoms in total. The zero-order valence-corrected chi connectivity index (χ0v) is 15.8. The highest BCUT2D eigenvalue weighted by atomic mass is 16.6. The van der Waals surface area contributed by atoms with Crippen LogP contribution in [0, 0.1) is 10.1 Å². The number of carbonyl (C=O) groups is 2. The fraction of sp³-hybridized carbons (Fsp3) is 0.529. The van der Waals surface area contributed by atoms with Crippen molar-refractivity contribution in [2.24, 2.45) is 0 Å². The van der Waals surface area contributed by atoms with Crippen molar-refractivity contribution >= 4 is 17.6 Å². The topological polar surface area (TPSA) is 108 Å². The molecule has 0 aliphatic rings. The van der Waals surface area contributed by atoms with Crippen molar-refractivity contribution in [3.8, 4) is 11.5 Å². The van der Waals surface area contributed by atoms with Gasteiger partial charge in [-0.05, 0) is 27.7 Å². The summed E-state index contributed by atoms with van der Waals surface area (Å²) in [5.74, 6) is -1.12. The van der Waals surface area contributed by atoms with Gasteiger partial charge in [-0.2, -0.15) is 0 Å². The predicted molar refractivity (Wildman–Crippen MR) is 93.6 cm³/mol. The summed E-state index contributed by atoms with van der Waals surface area (Å²) in [6.07, 6.45) is 0. The molecule has 0 saturated carbocycles. The van der Waals surface area contributed by atoms with Gasteiger partial charge in [0.2, 0.25) is 0 Å². The van der Waals surface area contributed by atoms with Gasteiger partial charge in [0.1, 0.15) is 5.56 Å². The Morgan fingerprint density at radius 2 is 1.58 bits per heavy atom. The van der Waals surface area contributed by atoms with Crippen LogP contribution in [0.2, 0.25) is 0 Å². The minimum atomic E-state index is -0.988. The highest BCUT2D eigenvalue weighted by molar-refractivity contribution is 5.96. The van der Waals surface area contributed by atoms with Gasteiger partial charge in [-0.1, -0.05) is 0 Å². The summed E-state index contributed by atoms with van der Waals surface area (Å²) < 4.78 is 15.1. The third-order valence-electron chi connectivity index (χ3n) is 3.65. The third kappa shape index (κ3) is 4.84. The van der Waals surface area contributed by atoms with E-state index in [2.05, 4.69) is 0 Å². The summed E-state index contributed by atoms with van der Waals surface area (Å²) in [4.78, 5) is 36.7. The number of rotatable bonds is 8. The van der Waals surface area contributed by atoms with E-state index in [-0.39, 0.29) is 35.1 Å². The largest absolute Gasteiger partial charge is 0.493 e. The van der Waals surface area contributed by atoms with Gasteiger partial charge < -0.3 is 19.1 Å². The molecular formula is C17H24N2O7. The van der Waals surface area contributed by atoms with Crippen molar-refractivity contribution in [1.82, 2.24) is 4.90 Å². The molecular weight excluding hydrogens is 344 g/mol. The van der Waals surface area contributed by atoms with Crippen LogP contribution >= 0.6 is 0 Å². The lowest BCUT2D eigenvalue weighted by atomic mass is 10.1. The third-order valence-corrected chi connectivity index (χ3v) is 3.65. The van der Waals surface area contributed by atoms with Crippen LogP contribution in [-0.4, -0.2) is 54.6 Å². The fourth-order valence-corrected chi connectivity index (χ4v) is 2.63. The SMILES string of the molecule is COc1cc(C(=O)OCC(=O)N(C(C)C)C(C)C)c([N+](=O)[O-])cc1OC. The molecule has 144 valence electrons. The maximum absolute atomic E-state index is 12.3. The number of methoxy groups -OCH3 is 2. The molecule has 0 unspecified atom stereocenters. The van der Waals surface area contributed by atoms with Gasteiger partial charge in [0.15, 0.2) is 18.1 Å². The Morgan fingerprint density at radius 3 is 2.00 bits per heavy atom. The van der Waals surface area contributed by atoms with Gasteiger partial charge in [-0.3, -0.25) is 14.9 Å². The van der Waals surface area contributed by atoms with E-state index < -0.39 is 23.2 Å². The fourth-order valence-electron chi connectivity index (χ4n) is 2.63. The zero-order valence-electron chi connectivity index (χ0n) is 15.8. The first kappa shape index (κ1) is 21.2. The number of nitro benzene ring substituents is 1. The normalized spacial score (nSPS) is 10.6. The Morgan fingerprint density at radius 1 is 1.08 bits per heavy atom. The lowest BCUT2D eigenvalue weighted by molar-refractivity contribution is -0.385. The second-order valence-electron chi connectivity index (χ2n) is 6.05. The van der Waals surface area contributed by atoms with E-state index in [0.717, 1.165) is 12.1 Å². The number of hydrogen-bond acceptors (Lipinski definition) is 7. The van der Waals surface area contributed by atoms with Gasteiger partial charge in [0.05, 0.1) is 25.2 Å². The number of amides is 1. The first-order chi connectivity index (χ1) is 12.1. The van der Waals surface area contributed by atoms with Crippen molar-refractivity contribution in [2.45, 2.75) is 39.8 Å². The minimum absolute atomic E-state index is 0.0726. The molecule has 1 rings (SSSR count). The number of hydrogen-bond donors (Lipinski definition) is 0. The number of nitrogens with zero attached hydrogens (tertiary/aromatic N) is 2. The highest BCUT2D eigenvalue weighted by Crippen LogP contribution is 2.34. The standard InChI is InChI=1S/C17H24N2O7/c1-10(2)18(11(3)4)16(20)9-26-17(21)12-7-14(24-5)15(25-6)8-13(12)19(22)23/h7-8,10-11H,9H2,1-6H3. The van der Waals surface area contributed by atoms with Crippen molar-refractivity contribution in [1.29, 1.82) is 0 Å².